The lowest BCUT2D eigenvalue weighted by atomic mass is 9.47. The molecule has 4 aliphatic carbocycles. The molecule has 0 heterocycles. The lowest BCUT2D eigenvalue weighted by Gasteiger charge is -2.58. The van der Waals surface area contributed by atoms with Crippen molar-refractivity contribution in [2.45, 2.75) is 143 Å². The molecule has 0 spiro atoms. The topological polar surface area (TPSA) is 86.6 Å². The quantitative estimate of drug-likeness (QED) is 0.102. The fraction of sp³-hybridized carbons (Fsp3) is 0.744. The Balaban J connectivity index is 1.00. The molecule has 3 unspecified atom stereocenters. The molecule has 6 heteroatoms. The second kappa shape index (κ2) is 17.2. The van der Waals surface area contributed by atoms with Gasteiger partial charge in [0.1, 0.15) is 12.3 Å². The van der Waals surface area contributed by atoms with Crippen molar-refractivity contribution in [2.24, 2.45) is 46.3 Å². The summed E-state index contributed by atoms with van der Waals surface area (Å²) in [6.07, 6.45) is 19.4. The third-order valence-electron chi connectivity index (χ3n) is 13.6. The molecule has 9 atom stereocenters. The molecule has 1 aromatic carbocycles. The molecule has 6 nitrogen and oxygen atoms in total. The van der Waals surface area contributed by atoms with Gasteiger partial charge < -0.3 is 14.8 Å². The smallest absolute Gasteiger partial charge is 0.242 e. The SMILES string of the molecule is CC(C)CCC[C@@H](C)[C@H]1CCC2C3CC=C4C[C@@H](OCCCNC(=O)CCC(=O)[N][C@@H](C=O)Cc5ccccc5)CC[C@]4(C)C3CC[C@@]21C. The maximum absolute atomic E-state index is 12.3. The van der Waals surface area contributed by atoms with Crippen molar-refractivity contribution in [3.8, 4) is 0 Å². The fourth-order valence-corrected chi connectivity index (χ4v) is 10.9. The van der Waals surface area contributed by atoms with Gasteiger partial charge in [-0.15, -0.1) is 0 Å². The number of carbonyl (C=O) groups is 3. The number of allylic oxidation sites excluding steroid dienone is 1. The van der Waals surface area contributed by atoms with Gasteiger partial charge in [-0.05, 0) is 110 Å². The molecule has 0 aromatic heterocycles. The van der Waals surface area contributed by atoms with Crippen molar-refractivity contribution in [1.82, 2.24) is 10.6 Å². The van der Waals surface area contributed by atoms with Crippen LogP contribution in [0.4, 0.5) is 0 Å². The summed E-state index contributed by atoms with van der Waals surface area (Å²) in [4.78, 5) is 36.0. The van der Waals surface area contributed by atoms with Crippen LogP contribution in [-0.2, 0) is 25.5 Å². The summed E-state index contributed by atoms with van der Waals surface area (Å²) in [5.41, 5.74) is 3.47. The van der Waals surface area contributed by atoms with E-state index in [1.807, 2.05) is 30.3 Å². The van der Waals surface area contributed by atoms with E-state index in [2.05, 4.69) is 51.3 Å². The number of ether oxygens (including phenoxy) is 1. The van der Waals surface area contributed by atoms with E-state index in [1.165, 1.54) is 57.8 Å². The summed E-state index contributed by atoms with van der Waals surface area (Å²) in [7, 11) is 0. The van der Waals surface area contributed by atoms with Crippen LogP contribution in [-0.4, -0.2) is 43.4 Å². The summed E-state index contributed by atoms with van der Waals surface area (Å²) in [6.45, 7) is 13.7. The zero-order valence-electron chi connectivity index (χ0n) is 31.3. The second-order valence-electron chi connectivity index (χ2n) is 17.1. The third-order valence-corrected chi connectivity index (χ3v) is 13.6. The normalized spacial score (nSPS) is 31.9. The highest BCUT2D eigenvalue weighted by atomic mass is 16.5. The van der Waals surface area contributed by atoms with Gasteiger partial charge in [-0.2, -0.15) is 0 Å². The number of aldehydes is 1. The lowest BCUT2D eigenvalue weighted by molar-refractivity contribution is -0.127. The Morgan fingerprint density at radius 3 is 2.53 bits per heavy atom. The van der Waals surface area contributed by atoms with Gasteiger partial charge in [0.15, 0.2) is 0 Å². The number of hydrogen-bond acceptors (Lipinski definition) is 4. The van der Waals surface area contributed by atoms with Crippen molar-refractivity contribution in [3.05, 3.63) is 47.5 Å². The fourth-order valence-electron chi connectivity index (χ4n) is 10.9. The van der Waals surface area contributed by atoms with Crippen LogP contribution in [0.1, 0.15) is 130 Å². The molecule has 4 aliphatic rings. The summed E-state index contributed by atoms with van der Waals surface area (Å²) < 4.78 is 6.38. The van der Waals surface area contributed by atoms with Crippen LogP contribution in [0, 0.1) is 46.3 Å². The van der Waals surface area contributed by atoms with Crippen LogP contribution in [0.15, 0.2) is 42.0 Å². The number of nitrogens with one attached hydrogen (secondary N) is 1. The molecule has 0 aliphatic heterocycles. The summed E-state index contributed by atoms with van der Waals surface area (Å²) in [6, 6.07) is 8.80. The standard InChI is InChI=1S/C43H65N2O4/c1-30(2)11-9-12-31(3)37-17-18-38-36-16-15-33-28-35(21-23-42(33,4)39(36)22-24-43(37,38)5)49-26-10-25-44-40(47)19-20-41(48)45-34(29-46)27-32-13-7-6-8-14-32/h6-8,13-15,29-31,34-39H,9-12,16-28H2,1-5H3,(H,44,47)/t31-,34-,35+,36?,37-,38?,39?,42+,43-/m1/s1. The van der Waals surface area contributed by atoms with E-state index in [-0.39, 0.29) is 24.9 Å². The number of hydrogen-bond donors (Lipinski definition) is 1. The molecular formula is C43H65N2O4. The summed E-state index contributed by atoms with van der Waals surface area (Å²) in [5, 5.41) is 6.92. The van der Waals surface area contributed by atoms with E-state index < -0.39 is 11.9 Å². The number of amides is 2. The molecule has 271 valence electrons. The number of carbonyl (C=O) groups excluding carboxylic acids is 3. The molecule has 0 bridgehead atoms. The highest BCUT2D eigenvalue weighted by Gasteiger charge is 2.59. The Morgan fingerprint density at radius 2 is 1.78 bits per heavy atom. The minimum Gasteiger partial charge on any atom is -0.378 e. The van der Waals surface area contributed by atoms with Gasteiger partial charge in [0.05, 0.1) is 6.10 Å². The molecule has 49 heavy (non-hydrogen) atoms. The van der Waals surface area contributed by atoms with Crippen LogP contribution in [0.2, 0.25) is 0 Å². The van der Waals surface area contributed by atoms with Crippen molar-refractivity contribution >= 4 is 18.1 Å². The second-order valence-corrected chi connectivity index (χ2v) is 17.1. The van der Waals surface area contributed by atoms with Crippen molar-refractivity contribution in [2.75, 3.05) is 13.2 Å². The van der Waals surface area contributed by atoms with Gasteiger partial charge in [0.25, 0.3) is 0 Å². The molecule has 5 rings (SSSR count). The Bertz CT molecular complexity index is 1280. The number of fused-ring (bicyclic) bond motifs is 5. The van der Waals surface area contributed by atoms with Crippen LogP contribution >= 0.6 is 0 Å². The van der Waals surface area contributed by atoms with Crippen LogP contribution < -0.4 is 10.6 Å². The van der Waals surface area contributed by atoms with Crippen molar-refractivity contribution < 1.29 is 19.1 Å². The molecular weight excluding hydrogens is 608 g/mol. The molecule has 1 radical (unpaired) electrons. The van der Waals surface area contributed by atoms with E-state index >= 15 is 0 Å². The molecule has 0 saturated heterocycles. The highest BCUT2D eigenvalue weighted by Crippen LogP contribution is 2.67. The molecule has 3 fully saturated rings. The average molecular weight is 674 g/mol. The van der Waals surface area contributed by atoms with Crippen molar-refractivity contribution in [1.29, 1.82) is 0 Å². The lowest BCUT2D eigenvalue weighted by Crippen LogP contribution is -2.51. The maximum atomic E-state index is 12.3. The van der Waals surface area contributed by atoms with Gasteiger partial charge in [-0.3, -0.25) is 9.59 Å². The molecule has 1 N–H and O–H groups in total. The van der Waals surface area contributed by atoms with Crippen LogP contribution in [0.5, 0.6) is 0 Å². The van der Waals surface area contributed by atoms with Crippen LogP contribution in [0.3, 0.4) is 0 Å². The van der Waals surface area contributed by atoms with Gasteiger partial charge in [0.2, 0.25) is 11.8 Å². The monoisotopic (exact) mass is 673 g/mol. The Morgan fingerprint density at radius 1 is 0.980 bits per heavy atom. The highest BCUT2D eigenvalue weighted by molar-refractivity contribution is 5.85. The first-order chi connectivity index (χ1) is 23.5. The van der Waals surface area contributed by atoms with Crippen molar-refractivity contribution in [3.63, 3.8) is 0 Å². The minimum atomic E-state index is -0.713. The number of benzene rings is 1. The Kier molecular flexibility index (Phi) is 13.2. The van der Waals surface area contributed by atoms with Gasteiger partial charge in [-0.1, -0.05) is 95.9 Å². The van der Waals surface area contributed by atoms with E-state index in [0.29, 0.717) is 36.7 Å². The zero-order chi connectivity index (χ0) is 35.0. The Labute approximate surface area is 297 Å². The number of rotatable bonds is 17. The van der Waals surface area contributed by atoms with E-state index in [0.717, 1.165) is 60.3 Å². The maximum Gasteiger partial charge on any atom is 0.242 e. The first-order valence-electron chi connectivity index (χ1n) is 19.8. The zero-order valence-corrected chi connectivity index (χ0v) is 31.3. The largest absolute Gasteiger partial charge is 0.378 e. The van der Waals surface area contributed by atoms with Gasteiger partial charge in [-0.25, -0.2) is 5.32 Å². The van der Waals surface area contributed by atoms with E-state index in [9.17, 15) is 14.4 Å². The molecule has 3 saturated carbocycles. The predicted octanol–water partition coefficient (Wildman–Crippen LogP) is 8.64. The minimum absolute atomic E-state index is 0.0113. The van der Waals surface area contributed by atoms with E-state index in [1.54, 1.807) is 5.57 Å². The van der Waals surface area contributed by atoms with Gasteiger partial charge in [0, 0.05) is 32.4 Å². The predicted molar refractivity (Wildman–Crippen MR) is 197 cm³/mol. The summed E-state index contributed by atoms with van der Waals surface area (Å²) >= 11 is 0. The third kappa shape index (κ3) is 9.26. The molecule has 1 aromatic rings. The Hall–Kier alpha value is -2.47. The van der Waals surface area contributed by atoms with Gasteiger partial charge >= 0.3 is 0 Å². The van der Waals surface area contributed by atoms with E-state index in [4.69, 9.17) is 4.74 Å². The number of nitrogens with zero attached hydrogens (tertiary/aromatic N) is 1. The first kappa shape index (κ1) is 37.8. The van der Waals surface area contributed by atoms with Crippen LogP contribution in [0.25, 0.3) is 0 Å². The average Bonchev–Trinajstić information content (AvgIpc) is 3.44. The summed E-state index contributed by atoms with van der Waals surface area (Å²) in [5.74, 6) is 4.58. The first-order valence-corrected chi connectivity index (χ1v) is 19.8. The molecule has 2 amide bonds.